The number of hydrogen-bond acceptors (Lipinski definition) is 4. The largest absolute Gasteiger partial charge is 0.497 e. The van der Waals surface area contributed by atoms with Crippen LogP contribution < -0.4 is 19.9 Å². The number of anilines is 2. The predicted octanol–water partition coefficient (Wildman–Crippen LogP) is 3.09. The topological polar surface area (TPSA) is 44.8 Å². The number of para-hydroxylation sites is 1. The molecular weight excluding hydrogens is 350 g/mol. The molecule has 5 nitrogen and oxygen atoms in total. The maximum atomic E-state index is 13.0. The number of carbonyl (C=O) groups excluding carboxylic acids is 1. The molecule has 1 N–H and O–H groups in total. The Labute approximate surface area is 167 Å². The van der Waals surface area contributed by atoms with Crippen molar-refractivity contribution in [2.24, 2.45) is 5.92 Å². The summed E-state index contributed by atoms with van der Waals surface area (Å²) in [4.78, 5) is 17.9. The Kier molecular flexibility index (Phi) is 5.16. The average molecular weight is 380 g/mol. The van der Waals surface area contributed by atoms with Gasteiger partial charge in [-0.15, -0.1) is 0 Å². The van der Waals surface area contributed by atoms with E-state index >= 15 is 0 Å². The Bertz CT molecular complexity index is 851. The Balaban J connectivity index is 1.64. The monoisotopic (exact) mass is 379 g/mol. The van der Waals surface area contributed by atoms with Crippen LogP contribution in [0.1, 0.15) is 19.4 Å². The summed E-state index contributed by atoms with van der Waals surface area (Å²) in [5.74, 6) is 0.973. The molecule has 0 saturated carbocycles. The van der Waals surface area contributed by atoms with Crippen LogP contribution in [0.4, 0.5) is 11.4 Å². The lowest BCUT2D eigenvalue weighted by Gasteiger charge is -2.49. The van der Waals surface area contributed by atoms with Crippen LogP contribution in [0, 0.1) is 5.92 Å². The number of piperazine rings is 1. The molecule has 0 aliphatic carbocycles. The molecule has 0 aromatic heterocycles. The fourth-order valence-electron chi connectivity index (χ4n) is 4.49. The van der Waals surface area contributed by atoms with Gasteiger partial charge in [0.25, 0.3) is 0 Å². The molecule has 2 heterocycles. The first-order valence-corrected chi connectivity index (χ1v) is 10.1. The lowest BCUT2D eigenvalue weighted by Crippen LogP contribution is -2.61. The summed E-state index contributed by atoms with van der Waals surface area (Å²) >= 11 is 0. The molecule has 2 aromatic rings. The summed E-state index contributed by atoms with van der Waals surface area (Å²) in [6.07, 6.45) is 0.793. The van der Waals surface area contributed by atoms with Gasteiger partial charge in [-0.05, 0) is 44.0 Å². The third kappa shape index (κ3) is 3.53. The van der Waals surface area contributed by atoms with Crippen molar-refractivity contribution in [1.29, 1.82) is 0 Å². The van der Waals surface area contributed by atoms with Crippen molar-refractivity contribution in [2.75, 3.05) is 36.5 Å². The first-order valence-electron chi connectivity index (χ1n) is 10.1. The lowest BCUT2D eigenvalue weighted by atomic mass is 9.83. The van der Waals surface area contributed by atoms with Gasteiger partial charge in [-0.1, -0.05) is 24.3 Å². The van der Waals surface area contributed by atoms with Crippen molar-refractivity contribution in [3.8, 4) is 5.75 Å². The predicted molar refractivity (Wildman–Crippen MR) is 113 cm³/mol. The zero-order chi connectivity index (χ0) is 19.7. The maximum Gasteiger partial charge on any atom is 0.225 e. The molecule has 5 heteroatoms. The number of nitrogens with zero attached hydrogens (tertiary/aromatic N) is 2. The molecule has 2 aromatic carbocycles. The van der Waals surface area contributed by atoms with Gasteiger partial charge in [-0.2, -0.15) is 0 Å². The molecular formula is C23H29N3O2. The van der Waals surface area contributed by atoms with Crippen LogP contribution in [-0.4, -0.2) is 44.7 Å². The van der Waals surface area contributed by atoms with Gasteiger partial charge in [-0.25, -0.2) is 0 Å². The molecule has 1 saturated heterocycles. The Morgan fingerprint density at radius 1 is 1.14 bits per heavy atom. The van der Waals surface area contributed by atoms with Crippen LogP contribution >= 0.6 is 0 Å². The van der Waals surface area contributed by atoms with E-state index in [0.717, 1.165) is 37.5 Å². The van der Waals surface area contributed by atoms with Gasteiger partial charge in [0.2, 0.25) is 5.91 Å². The van der Waals surface area contributed by atoms with Gasteiger partial charge in [-0.3, -0.25) is 4.79 Å². The SMILES string of the molecule is COc1cccc(N2CCN3c4ccccc4CC(C(=O)NC(C)C)C3C2)c1. The van der Waals surface area contributed by atoms with E-state index in [0.29, 0.717) is 0 Å². The highest BCUT2D eigenvalue weighted by molar-refractivity contribution is 5.82. The van der Waals surface area contributed by atoms with Gasteiger partial charge in [0.05, 0.1) is 19.1 Å². The summed E-state index contributed by atoms with van der Waals surface area (Å²) in [6, 6.07) is 17.0. The lowest BCUT2D eigenvalue weighted by molar-refractivity contribution is -0.126. The highest BCUT2D eigenvalue weighted by atomic mass is 16.5. The van der Waals surface area contributed by atoms with Crippen molar-refractivity contribution in [3.63, 3.8) is 0 Å². The minimum absolute atomic E-state index is 0.0503. The summed E-state index contributed by atoms with van der Waals surface area (Å²) in [5.41, 5.74) is 3.71. The van der Waals surface area contributed by atoms with E-state index in [4.69, 9.17) is 4.74 Å². The second-order valence-corrected chi connectivity index (χ2v) is 8.01. The number of hydrogen-bond donors (Lipinski definition) is 1. The van der Waals surface area contributed by atoms with Crippen LogP contribution in [-0.2, 0) is 11.2 Å². The highest BCUT2D eigenvalue weighted by Crippen LogP contribution is 2.37. The van der Waals surface area contributed by atoms with Gasteiger partial charge >= 0.3 is 0 Å². The second kappa shape index (κ2) is 7.74. The van der Waals surface area contributed by atoms with E-state index < -0.39 is 0 Å². The van der Waals surface area contributed by atoms with Crippen molar-refractivity contribution in [3.05, 3.63) is 54.1 Å². The summed E-state index contributed by atoms with van der Waals surface area (Å²) in [7, 11) is 1.70. The Morgan fingerprint density at radius 2 is 1.96 bits per heavy atom. The number of ether oxygens (including phenoxy) is 1. The van der Waals surface area contributed by atoms with E-state index in [-0.39, 0.29) is 23.9 Å². The van der Waals surface area contributed by atoms with Crippen LogP contribution in [0.15, 0.2) is 48.5 Å². The first kappa shape index (κ1) is 18.7. The number of carbonyl (C=O) groups is 1. The number of amides is 1. The van der Waals surface area contributed by atoms with Crippen LogP contribution in [0.25, 0.3) is 0 Å². The number of nitrogens with one attached hydrogen (secondary N) is 1. The summed E-state index contributed by atoms with van der Waals surface area (Å²) < 4.78 is 5.40. The van der Waals surface area contributed by atoms with Crippen molar-refractivity contribution >= 4 is 17.3 Å². The van der Waals surface area contributed by atoms with Crippen molar-refractivity contribution in [2.45, 2.75) is 32.4 Å². The fraction of sp³-hybridized carbons (Fsp3) is 0.435. The van der Waals surface area contributed by atoms with E-state index in [1.165, 1.54) is 11.3 Å². The Hall–Kier alpha value is -2.69. The van der Waals surface area contributed by atoms with Crippen molar-refractivity contribution < 1.29 is 9.53 Å². The molecule has 28 heavy (non-hydrogen) atoms. The maximum absolute atomic E-state index is 13.0. The molecule has 1 amide bonds. The molecule has 2 aliphatic rings. The van der Waals surface area contributed by atoms with Crippen molar-refractivity contribution in [1.82, 2.24) is 5.32 Å². The van der Waals surface area contributed by atoms with Crippen LogP contribution in [0.2, 0.25) is 0 Å². The third-order valence-electron chi connectivity index (χ3n) is 5.81. The quantitative estimate of drug-likeness (QED) is 0.887. The van der Waals surface area contributed by atoms with E-state index in [1.807, 2.05) is 26.0 Å². The molecule has 2 aliphatic heterocycles. The molecule has 1 fully saturated rings. The zero-order valence-electron chi connectivity index (χ0n) is 16.9. The number of methoxy groups -OCH3 is 1. The molecule has 0 bridgehead atoms. The fourth-order valence-corrected chi connectivity index (χ4v) is 4.49. The van der Waals surface area contributed by atoms with E-state index in [2.05, 4.69) is 51.5 Å². The molecule has 0 radical (unpaired) electrons. The number of benzene rings is 2. The minimum Gasteiger partial charge on any atom is -0.497 e. The van der Waals surface area contributed by atoms with Crippen LogP contribution in [0.3, 0.4) is 0 Å². The standard InChI is InChI=1S/C23H29N3O2/c1-16(2)24-23(27)20-13-17-7-4-5-10-21(17)26-12-11-25(15-22(20)26)18-8-6-9-19(14-18)28-3/h4-10,14,16,20,22H,11-13,15H2,1-3H3,(H,24,27). The van der Waals surface area contributed by atoms with Gasteiger partial charge in [0, 0.05) is 43.1 Å². The molecule has 4 rings (SSSR count). The normalized spacial score (nSPS) is 21.1. The molecule has 2 unspecified atom stereocenters. The number of fused-ring (bicyclic) bond motifs is 3. The van der Waals surface area contributed by atoms with Gasteiger partial charge < -0.3 is 19.9 Å². The zero-order valence-corrected chi connectivity index (χ0v) is 16.9. The Morgan fingerprint density at radius 3 is 2.75 bits per heavy atom. The second-order valence-electron chi connectivity index (χ2n) is 8.01. The van der Waals surface area contributed by atoms with E-state index in [1.54, 1.807) is 7.11 Å². The smallest absolute Gasteiger partial charge is 0.225 e. The molecule has 148 valence electrons. The number of rotatable bonds is 4. The summed E-state index contributed by atoms with van der Waals surface area (Å²) in [6.45, 7) is 6.71. The van der Waals surface area contributed by atoms with Crippen LogP contribution in [0.5, 0.6) is 5.75 Å². The first-order chi connectivity index (χ1) is 13.6. The van der Waals surface area contributed by atoms with E-state index in [9.17, 15) is 4.79 Å². The third-order valence-corrected chi connectivity index (χ3v) is 5.81. The molecule has 0 spiro atoms. The molecule has 2 atom stereocenters. The highest BCUT2D eigenvalue weighted by Gasteiger charge is 2.41. The van der Waals surface area contributed by atoms with Gasteiger partial charge in [0.15, 0.2) is 0 Å². The van der Waals surface area contributed by atoms with Gasteiger partial charge in [0.1, 0.15) is 5.75 Å². The minimum atomic E-state index is -0.0503. The summed E-state index contributed by atoms with van der Waals surface area (Å²) in [5, 5.41) is 3.15. The average Bonchev–Trinajstić information content (AvgIpc) is 2.72.